The summed E-state index contributed by atoms with van der Waals surface area (Å²) in [6.07, 6.45) is -10.3. The second-order valence-electron chi connectivity index (χ2n) is 9.13. The summed E-state index contributed by atoms with van der Waals surface area (Å²) < 4.78 is 86.6. The van der Waals surface area contributed by atoms with E-state index in [1.807, 2.05) is 37.3 Å². The molecular weight excluding hydrogens is 502 g/mol. The maximum Gasteiger partial charge on any atom is 0.416 e. The molecule has 3 aromatic rings. The molecule has 2 unspecified atom stereocenters. The molecule has 12 heteroatoms. The maximum absolute atomic E-state index is 13.4. The number of likely N-dealkylation sites (tertiary alicyclic amines) is 1. The first-order valence-electron chi connectivity index (χ1n) is 11.7. The lowest BCUT2D eigenvalue weighted by atomic mass is 9.90. The van der Waals surface area contributed by atoms with E-state index in [0.29, 0.717) is 37.3 Å². The number of ether oxygens (including phenoxy) is 1. The Kier molecular flexibility index (Phi) is 7.52. The van der Waals surface area contributed by atoms with Gasteiger partial charge in [0.1, 0.15) is 5.82 Å². The number of H-pyrrole nitrogens is 2. The van der Waals surface area contributed by atoms with Crippen molar-refractivity contribution >= 4 is 0 Å². The summed E-state index contributed by atoms with van der Waals surface area (Å²) >= 11 is 0. The van der Waals surface area contributed by atoms with Crippen molar-refractivity contribution in [2.45, 2.75) is 63.3 Å². The number of rotatable bonds is 6. The quantitative estimate of drug-likeness (QED) is 0.375. The van der Waals surface area contributed by atoms with Gasteiger partial charge in [-0.1, -0.05) is 30.3 Å². The van der Waals surface area contributed by atoms with E-state index in [0.717, 1.165) is 5.56 Å². The number of alkyl halides is 6. The number of benzene rings is 2. The second kappa shape index (κ2) is 10.3. The molecule has 2 N–H and O–H groups in total. The first kappa shape index (κ1) is 26.9. The molecule has 0 saturated carbocycles. The average Bonchev–Trinajstić information content (AvgIpc) is 3.29. The predicted molar refractivity (Wildman–Crippen MR) is 122 cm³/mol. The third-order valence-electron chi connectivity index (χ3n) is 6.63. The van der Waals surface area contributed by atoms with E-state index in [1.54, 1.807) is 0 Å². The number of nitrogens with zero attached hydrogens (tertiary/aromatic N) is 2. The van der Waals surface area contributed by atoms with Gasteiger partial charge in [-0.05, 0) is 62.6 Å². The summed E-state index contributed by atoms with van der Waals surface area (Å²) in [7, 11) is 0. The zero-order valence-electron chi connectivity index (χ0n) is 20.0. The molecule has 2 heterocycles. The minimum atomic E-state index is -4.94. The van der Waals surface area contributed by atoms with E-state index in [4.69, 9.17) is 4.74 Å². The van der Waals surface area contributed by atoms with Crippen molar-refractivity contribution in [2.75, 3.05) is 6.54 Å². The van der Waals surface area contributed by atoms with Crippen molar-refractivity contribution in [2.24, 2.45) is 0 Å². The van der Waals surface area contributed by atoms with Crippen LogP contribution in [0.15, 0.2) is 53.3 Å². The summed E-state index contributed by atoms with van der Waals surface area (Å²) in [5, 5.41) is 6.37. The van der Waals surface area contributed by atoms with Crippen molar-refractivity contribution in [3.05, 3.63) is 87.1 Å². The van der Waals surface area contributed by atoms with Gasteiger partial charge >= 0.3 is 18.0 Å². The average molecular weight is 528 g/mol. The standard InChI is InChI=1S/C25H26F6N4O2/c1-14(22-32-23(36)34-33-22)35-10-6-9-20(21(35)16-7-4-3-5-8-16)37-15(2)17-11-18(24(26,27)28)13-19(12-17)25(29,30)31/h3-5,7-8,11-15,20-21H,6,9-10H2,1-2H3,(H2,32,33,34,36)/t14?,15?,20-,21-/m0/s1. The molecule has 4 atom stereocenters. The van der Waals surface area contributed by atoms with E-state index in [-0.39, 0.29) is 23.7 Å². The summed E-state index contributed by atoms with van der Waals surface area (Å²) in [5.74, 6) is 0.410. The zero-order valence-corrected chi connectivity index (χ0v) is 20.0. The van der Waals surface area contributed by atoms with Gasteiger partial charge in [-0.25, -0.2) is 9.89 Å². The molecule has 1 saturated heterocycles. The van der Waals surface area contributed by atoms with Gasteiger partial charge in [-0.2, -0.15) is 31.4 Å². The zero-order chi connectivity index (χ0) is 27.0. The van der Waals surface area contributed by atoms with E-state index >= 15 is 0 Å². The normalized spacial score (nSPS) is 21.1. The van der Waals surface area contributed by atoms with Crippen LogP contribution in [0.4, 0.5) is 26.3 Å². The number of aromatic amines is 2. The lowest BCUT2D eigenvalue weighted by molar-refractivity contribution is -0.143. The third-order valence-corrected chi connectivity index (χ3v) is 6.63. The van der Waals surface area contributed by atoms with Crippen LogP contribution in [0.3, 0.4) is 0 Å². The molecule has 0 radical (unpaired) electrons. The fraction of sp³-hybridized carbons (Fsp3) is 0.440. The largest absolute Gasteiger partial charge is 0.416 e. The topological polar surface area (TPSA) is 74.0 Å². The van der Waals surface area contributed by atoms with E-state index in [1.165, 1.54) is 6.92 Å². The number of hydrogen-bond acceptors (Lipinski definition) is 4. The molecule has 37 heavy (non-hydrogen) atoms. The van der Waals surface area contributed by atoms with Crippen LogP contribution in [0.5, 0.6) is 0 Å². The lowest BCUT2D eigenvalue weighted by Crippen LogP contribution is -2.44. The van der Waals surface area contributed by atoms with Crippen LogP contribution in [0.25, 0.3) is 0 Å². The van der Waals surface area contributed by atoms with Gasteiger partial charge in [-0.3, -0.25) is 9.88 Å². The Balaban J connectivity index is 1.68. The SMILES string of the molecule is CC(O[C@H]1CCCN(C(C)c2n[nH]c(=O)[nH]2)[C@H]1c1ccccc1)c1cc(C(F)(F)F)cc(C(F)(F)F)c1. The summed E-state index contributed by atoms with van der Waals surface area (Å²) in [5.41, 5.74) is -2.57. The Morgan fingerprint density at radius 1 is 1.00 bits per heavy atom. The minimum Gasteiger partial charge on any atom is -0.369 e. The fourth-order valence-electron chi connectivity index (χ4n) is 4.81. The first-order valence-corrected chi connectivity index (χ1v) is 11.7. The number of aromatic nitrogens is 3. The molecule has 0 amide bonds. The minimum absolute atomic E-state index is 0.109. The van der Waals surface area contributed by atoms with Crippen LogP contribution in [-0.2, 0) is 17.1 Å². The van der Waals surface area contributed by atoms with E-state index < -0.39 is 41.4 Å². The van der Waals surface area contributed by atoms with Gasteiger partial charge < -0.3 is 4.74 Å². The second-order valence-corrected chi connectivity index (χ2v) is 9.13. The fourth-order valence-corrected chi connectivity index (χ4v) is 4.81. The molecule has 2 aromatic carbocycles. The summed E-state index contributed by atoms with van der Waals surface area (Å²) in [4.78, 5) is 16.3. The highest BCUT2D eigenvalue weighted by Gasteiger charge is 2.40. The molecule has 0 aliphatic carbocycles. The van der Waals surface area contributed by atoms with E-state index in [9.17, 15) is 31.1 Å². The molecule has 200 valence electrons. The highest BCUT2D eigenvalue weighted by molar-refractivity contribution is 5.35. The molecule has 0 bridgehead atoms. The van der Waals surface area contributed by atoms with Crippen LogP contribution < -0.4 is 5.69 Å². The van der Waals surface area contributed by atoms with Gasteiger partial charge in [0.2, 0.25) is 0 Å². The Hall–Kier alpha value is -3.12. The number of hydrogen-bond donors (Lipinski definition) is 2. The lowest BCUT2D eigenvalue weighted by Gasteiger charge is -2.44. The maximum atomic E-state index is 13.4. The van der Waals surface area contributed by atoms with Gasteiger partial charge in [0.15, 0.2) is 0 Å². The molecule has 6 nitrogen and oxygen atoms in total. The van der Waals surface area contributed by atoms with Gasteiger partial charge in [0.05, 0.1) is 35.4 Å². The van der Waals surface area contributed by atoms with Gasteiger partial charge in [-0.15, -0.1) is 0 Å². The van der Waals surface area contributed by atoms with Crippen LogP contribution >= 0.6 is 0 Å². The summed E-state index contributed by atoms with van der Waals surface area (Å²) in [6.45, 7) is 3.92. The Morgan fingerprint density at radius 2 is 1.62 bits per heavy atom. The van der Waals surface area contributed by atoms with Crippen molar-refractivity contribution < 1.29 is 31.1 Å². The van der Waals surface area contributed by atoms with Crippen molar-refractivity contribution in [1.29, 1.82) is 0 Å². The molecule has 0 spiro atoms. The van der Waals surface area contributed by atoms with Gasteiger partial charge in [0.25, 0.3) is 0 Å². The number of halogens is 6. The van der Waals surface area contributed by atoms with Crippen molar-refractivity contribution in [1.82, 2.24) is 20.1 Å². The molecule has 1 aliphatic heterocycles. The highest BCUT2D eigenvalue weighted by atomic mass is 19.4. The monoisotopic (exact) mass is 528 g/mol. The van der Waals surface area contributed by atoms with Crippen LogP contribution in [0, 0.1) is 0 Å². The molecular formula is C25H26F6N4O2. The van der Waals surface area contributed by atoms with Crippen LogP contribution in [0.2, 0.25) is 0 Å². The smallest absolute Gasteiger partial charge is 0.369 e. The Bertz CT molecular complexity index is 1220. The number of nitrogens with one attached hydrogen (secondary N) is 2. The van der Waals surface area contributed by atoms with Crippen molar-refractivity contribution in [3.63, 3.8) is 0 Å². The van der Waals surface area contributed by atoms with E-state index in [2.05, 4.69) is 20.1 Å². The Morgan fingerprint density at radius 3 is 2.16 bits per heavy atom. The Labute approximate surface area is 208 Å². The summed E-state index contributed by atoms with van der Waals surface area (Å²) in [6, 6.07) is 10.1. The highest BCUT2D eigenvalue weighted by Crippen LogP contribution is 2.42. The predicted octanol–water partition coefficient (Wildman–Crippen LogP) is 6.18. The molecule has 4 rings (SSSR count). The number of piperidine rings is 1. The molecule has 1 aliphatic rings. The molecule has 1 aromatic heterocycles. The van der Waals surface area contributed by atoms with Gasteiger partial charge in [0, 0.05) is 0 Å². The third kappa shape index (κ3) is 6.07. The van der Waals surface area contributed by atoms with Crippen molar-refractivity contribution in [3.8, 4) is 0 Å². The molecule has 1 fully saturated rings. The van der Waals surface area contributed by atoms with Crippen LogP contribution in [0.1, 0.15) is 73.0 Å². The first-order chi connectivity index (χ1) is 17.3. The van der Waals surface area contributed by atoms with Crippen LogP contribution in [-0.4, -0.2) is 32.7 Å².